The molecule has 1 saturated heterocycles. The predicted octanol–water partition coefficient (Wildman–Crippen LogP) is 2.82. The van der Waals surface area contributed by atoms with Crippen LogP contribution in [0.3, 0.4) is 0 Å². The van der Waals surface area contributed by atoms with Crippen molar-refractivity contribution in [3.63, 3.8) is 0 Å². The molecule has 0 spiro atoms. The van der Waals surface area contributed by atoms with Gasteiger partial charge >= 0.3 is 6.03 Å². The quantitative estimate of drug-likeness (QED) is 0.719. The Kier molecular flexibility index (Phi) is 7.37. The molecule has 0 radical (unpaired) electrons. The molecule has 0 atom stereocenters. The van der Waals surface area contributed by atoms with Gasteiger partial charge in [0.05, 0.1) is 0 Å². The van der Waals surface area contributed by atoms with Crippen LogP contribution in [0.25, 0.3) is 0 Å². The molecule has 5 nitrogen and oxygen atoms in total. The number of nitrogens with one attached hydrogen (secondary N) is 2. The van der Waals surface area contributed by atoms with E-state index in [9.17, 15) is 4.79 Å². The number of hydrogen-bond donors (Lipinski definition) is 3. The standard InChI is InChI=1S/C19H32N4O/c1-15(2)8-12-21-19(24)23-13-9-18(10-14-23)22-17-5-3-16(4-6-17)7-11-20/h3-6,15,18,22H,7-14,20H2,1-2H3,(H,21,24). The van der Waals surface area contributed by atoms with Crippen molar-refractivity contribution in [1.82, 2.24) is 10.2 Å². The summed E-state index contributed by atoms with van der Waals surface area (Å²) in [6, 6.07) is 9.02. The molecule has 0 aromatic heterocycles. The van der Waals surface area contributed by atoms with Gasteiger partial charge in [-0.3, -0.25) is 0 Å². The van der Waals surface area contributed by atoms with Crippen LogP contribution in [-0.2, 0) is 6.42 Å². The second-order valence-corrected chi connectivity index (χ2v) is 7.06. The largest absolute Gasteiger partial charge is 0.382 e. The van der Waals surface area contributed by atoms with E-state index in [1.807, 2.05) is 4.90 Å². The van der Waals surface area contributed by atoms with Crippen molar-refractivity contribution in [2.75, 3.05) is 31.5 Å². The van der Waals surface area contributed by atoms with Crippen LogP contribution in [0.2, 0.25) is 0 Å². The molecule has 134 valence electrons. The minimum absolute atomic E-state index is 0.0836. The fourth-order valence-electron chi connectivity index (χ4n) is 2.98. The first-order chi connectivity index (χ1) is 11.6. The molecule has 5 heteroatoms. The third-order valence-electron chi connectivity index (χ3n) is 4.54. The maximum Gasteiger partial charge on any atom is 0.317 e. The summed E-state index contributed by atoms with van der Waals surface area (Å²) in [5.74, 6) is 0.622. The first kappa shape index (κ1) is 18.6. The zero-order valence-corrected chi connectivity index (χ0v) is 15.1. The molecule has 24 heavy (non-hydrogen) atoms. The van der Waals surface area contributed by atoms with Crippen LogP contribution in [-0.4, -0.2) is 43.2 Å². The molecule has 1 fully saturated rings. The van der Waals surface area contributed by atoms with Gasteiger partial charge in [0.25, 0.3) is 0 Å². The van der Waals surface area contributed by atoms with Crippen molar-refractivity contribution in [1.29, 1.82) is 0 Å². The highest BCUT2D eigenvalue weighted by Gasteiger charge is 2.22. The molecule has 1 heterocycles. The van der Waals surface area contributed by atoms with E-state index < -0.39 is 0 Å². The number of hydrogen-bond acceptors (Lipinski definition) is 3. The zero-order valence-electron chi connectivity index (χ0n) is 15.1. The van der Waals surface area contributed by atoms with E-state index in [-0.39, 0.29) is 6.03 Å². The Hall–Kier alpha value is -1.75. The Bertz CT molecular complexity index is 493. The molecule has 0 aliphatic carbocycles. The molecule has 0 unspecified atom stereocenters. The van der Waals surface area contributed by atoms with E-state index in [0.29, 0.717) is 18.5 Å². The third kappa shape index (κ3) is 6.04. The summed E-state index contributed by atoms with van der Waals surface area (Å²) >= 11 is 0. The van der Waals surface area contributed by atoms with Crippen LogP contribution in [0.15, 0.2) is 24.3 Å². The molecule has 0 bridgehead atoms. The van der Waals surface area contributed by atoms with Crippen LogP contribution in [0.5, 0.6) is 0 Å². The summed E-state index contributed by atoms with van der Waals surface area (Å²) in [6.45, 7) is 7.43. The zero-order chi connectivity index (χ0) is 17.4. The normalized spacial score (nSPS) is 15.6. The second kappa shape index (κ2) is 9.52. The number of likely N-dealkylation sites (tertiary alicyclic amines) is 1. The van der Waals surface area contributed by atoms with Gasteiger partial charge in [-0.15, -0.1) is 0 Å². The van der Waals surface area contributed by atoms with Gasteiger partial charge in [0.1, 0.15) is 0 Å². The highest BCUT2D eigenvalue weighted by molar-refractivity contribution is 5.74. The van der Waals surface area contributed by atoms with E-state index in [0.717, 1.165) is 51.0 Å². The highest BCUT2D eigenvalue weighted by Crippen LogP contribution is 2.17. The number of nitrogens with zero attached hydrogens (tertiary/aromatic N) is 1. The Morgan fingerprint density at radius 3 is 2.50 bits per heavy atom. The van der Waals surface area contributed by atoms with Gasteiger partial charge in [-0.1, -0.05) is 26.0 Å². The monoisotopic (exact) mass is 332 g/mol. The lowest BCUT2D eigenvalue weighted by Gasteiger charge is -2.33. The number of benzene rings is 1. The van der Waals surface area contributed by atoms with Crippen molar-refractivity contribution in [2.24, 2.45) is 11.7 Å². The van der Waals surface area contributed by atoms with E-state index in [1.165, 1.54) is 5.56 Å². The number of carbonyl (C=O) groups excluding carboxylic acids is 1. The molecule has 1 aromatic carbocycles. The van der Waals surface area contributed by atoms with Crippen molar-refractivity contribution in [3.8, 4) is 0 Å². The van der Waals surface area contributed by atoms with E-state index in [4.69, 9.17) is 5.73 Å². The van der Waals surface area contributed by atoms with Crippen LogP contribution in [0.1, 0.15) is 38.7 Å². The Morgan fingerprint density at radius 1 is 1.25 bits per heavy atom. The van der Waals surface area contributed by atoms with Gasteiger partial charge in [-0.25, -0.2) is 4.79 Å². The molecule has 0 saturated carbocycles. The fourth-order valence-corrected chi connectivity index (χ4v) is 2.98. The maximum atomic E-state index is 12.1. The molecular formula is C19H32N4O. The SMILES string of the molecule is CC(C)CCNC(=O)N1CCC(Nc2ccc(CCN)cc2)CC1. The average molecular weight is 332 g/mol. The lowest BCUT2D eigenvalue weighted by Crippen LogP contribution is -2.47. The fraction of sp³-hybridized carbons (Fsp3) is 0.632. The molecule has 4 N–H and O–H groups in total. The van der Waals surface area contributed by atoms with Gasteiger partial charge in [-0.05, 0) is 55.8 Å². The molecule has 1 aliphatic heterocycles. The Labute approximate surface area is 146 Å². The van der Waals surface area contributed by atoms with E-state index in [1.54, 1.807) is 0 Å². The molecule has 1 aromatic rings. The van der Waals surface area contributed by atoms with Crippen molar-refractivity contribution < 1.29 is 4.79 Å². The molecule has 2 rings (SSSR count). The smallest absolute Gasteiger partial charge is 0.317 e. The van der Waals surface area contributed by atoms with Crippen molar-refractivity contribution >= 4 is 11.7 Å². The summed E-state index contributed by atoms with van der Waals surface area (Å²) in [5, 5.41) is 6.60. The van der Waals surface area contributed by atoms with Crippen LogP contribution in [0.4, 0.5) is 10.5 Å². The number of rotatable bonds is 7. The summed E-state index contributed by atoms with van der Waals surface area (Å²) in [6.07, 6.45) is 3.93. The Balaban J connectivity index is 1.71. The number of carbonyl (C=O) groups is 1. The van der Waals surface area contributed by atoms with E-state index >= 15 is 0 Å². The van der Waals surface area contributed by atoms with Crippen LogP contribution >= 0.6 is 0 Å². The lowest BCUT2D eigenvalue weighted by atomic mass is 10.0. The van der Waals surface area contributed by atoms with Gasteiger partial charge in [0.2, 0.25) is 0 Å². The van der Waals surface area contributed by atoms with Gasteiger partial charge in [-0.2, -0.15) is 0 Å². The molecular weight excluding hydrogens is 300 g/mol. The number of nitrogens with two attached hydrogens (primary N) is 1. The van der Waals surface area contributed by atoms with Crippen LogP contribution in [0, 0.1) is 5.92 Å². The first-order valence-corrected chi connectivity index (χ1v) is 9.17. The number of piperidine rings is 1. The summed E-state index contributed by atoms with van der Waals surface area (Å²) < 4.78 is 0. The third-order valence-corrected chi connectivity index (χ3v) is 4.54. The van der Waals surface area contributed by atoms with Gasteiger partial charge < -0.3 is 21.3 Å². The number of amides is 2. The predicted molar refractivity (Wildman–Crippen MR) is 100 cm³/mol. The van der Waals surface area contributed by atoms with Crippen molar-refractivity contribution in [3.05, 3.63) is 29.8 Å². The lowest BCUT2D eigenvalue weighted by molar-refractivity contribution is 0.183. The highest BCUT2D eigenvalue weighted by atomic mass is 16.2. The topological polar surface area (TPSA) is 70.4 Å². The molecule has 2 amide bonds. The summed E-state index contributed by atoms with van der Waals surface area (Å²) in [7, 11) is 0. The van der Waals surface area contributed by atoms with Crippen LogP contribution < -0.4 is 16.4 Å². The van der Waals surface area contributed by atoms with Gasteiger partial charge in [0.15, 0.2) is 0 Å². The second-order valence-electron chi connectivity index (χ2n) is 7.06. The molecule has 1 aliphatic rings. The maximum absolute atomic E-state index is 12.1. The minimum Gasteiger partial charge on any atom is -0.382 e. The average Bonchev–Trinajstić information content (AvgIpc) is 2.57. The van der Waals surface area contributed by atoms with Gasteiger partial charge in [0, 0.05) is 31.4 Å². The van der Waals surface area contributed by atoms with Crippen molar-refractivity contribution in [2.45, 2.75) is 45.6 Å². The first-order valence-electron chi connectivity index (χ1n) is 9.17. The minimum atomic E-state index is 0.0836. The summed E-state index contributed by atoms with van der Waals surface area (Å²) in [4.78, 5) is 14.1. The Morgan fingerprint density at radius 2 is 1.92 bits per heavy atom. The summed E-state index contributed by atoms with van der Waals surface area (Å²) in [5.41, 5.74) is 8.00. The number of urea groups is 1. The number of anilines is 1. The van der Waals surface area contributed by atoms with E-state index in [2.05, 4.69) is 48.7 Å².